The first-order valence-corrected chi connectivity index (χ1v) is 8.35. The second kappa shape index (κ2) is 7.13. The number of nitrogens with zero attached hydrogens (tertiary/aromatic N) is 3. The topological polar surface area (TPSA) is 51.4 Å². The van der Waals surface area contributed by atoms with Crippen molar-refractivity contribution in [3.63, 3.8) is 0 Å². The van der Waals surface area contributed by atoms with Crippen molar-refractivity contribution in [1.82, 2.24) is 15.0 Å². The number of ether oxygens (including phenoxy) is 1. The first-order valence-electron chi connectivity index (χ1n) is 8.35. The van der Waals surface area contributed by atoms with E-state index >= 15 is 0 Å². The second-order valence-corrected chi connectivity index (χ2v) is 6.61. The maximum absolute atomic E-state index is 5.43. The van der Waals surface area contributed by atoms with Gasteiger partial charge in [-0.25, -0.2) is 0 Å². The summed E-state index contributed by atoms with van der Waals surface area (Å²) in [5.41, 5.74) is 1.30. The molecule has 5 nitrogen and oxygen atoms in total. The molecule has 1 fully saturated rings. The monoisotopic (exact) mass is 315 g/mol. The number of benzene rings is 1. The molecule has 0 bridgehead atoms. The SMILES string of the molecule is COc1cccc(C2CCCN2Cc2nc(CC(C)C)no2)c1. The number of hydrogen-bond donors (Lipinski definition) is 0. The molecule has 1 aliphatic rings. The van der Waals surface area contributed by atoms with Crippen LogP contribution < -0.4 is 4.74 Å². The van der Waals surface area contributed by atoms with Gasteiger partial charge in [0.25, 0.3) is 0 Å². The first kappa shape index (κ1) is 16.0. The predicted octanol–water partition coefficient (Wildman–Crippen LogP) is 3.61. The molecule has 0 aliphatic carbocycles. The molecule has 0 amide bonds. The summed E-state index contributed by atoms with van der Waals surface area (Å²) in [6, 6.07) is 8.73. The molecule has 1 atom stereocenters. The van der Waals surface area contributed by atoms with E-state index in [-0.39, 0.29) is 0 Å². The number of likely N-dealkylation sites (tertiary alicyclic amines) is 1. The highest BCUT2D eigenvalue weighted by Gasteiger charge is 2.27. The Bertz CT molecular complexity index is 639. The third-order valence-electron chi connectivity index (χ3n) is 4.28. The van der Waals surface area contributed by atoms with Crippen LogP contribution in [-0.4, -0.2) is 28.7 Å². The van der Waals surface area contributed by atoms with Crippen LogP contribution in [0.15, 0.2) is 28.8 Å². The summed E-state index contributed by atoms with van der Waals surface area (Å²) in [5.74, 6) is 2.98. The Hall–Kier alpha value is -1.88. The van der Waals surface area contributed by atoms with Crippen LogP contribution in [0.2, 0.25) is 0 Å². The van der Waals surface area contributed by atoms with Crippen molar-refractivity contribution >= 4 is 0 Å². The standard InChI is InChI=1S/C18H25N3O2/c1-13(2)10-17-19-18(23-20-17)12-21-9-5-8-16(21)14-6-4-7-15(11-14)22-3/h4,6-7,11,13,16H,5,8-10,12H2,1-3H3. The van der Waals surface area contributed by atoms with Crippen LogP contribution in [-0.2, 0) is 13.0 Å². The van der Waals surface area contributed by atoms with Gasteiger partial charge in [0, 0.05) is 12.5 Å². The van der Waals surface area contributed by atoms with E-state index in [0.717, 1.165) is 36.9 Å². The lowest BCUT2D eigenvalue weighted by molar-refractivity contribution is 0.212. The highest BCUT2D eigenvalue weighted by atomic mass is 16.5. The van der Waals surface area contributed by atoms with E-state index < -0.39 is 0 Å². The van der Waals surface area contributed by atoms with E-state index in [0.29, 0.717) is 18.5 Å². The van der Waals surface area contributed by atoms with Gasteiger partial charge in [0.2, 0.25) is 5.89 Å². The van der Waals surface area contributed by atoms with Gasteiger partial charge in [-0.05, 0) is 43.0 Å². The molecule has 2 heterocycles. The van der Waals surface area contributed by atoms with Crippen LogP contribution >= 0.6 is 0 Å². The average molecular weight is 315 g/mol. The molecule has 3 rings (SSSR count). The number of rotatable bonds is 6. The van der Waals surface area contributed by atoms with Crippen LogP contribution in [0.4, 0.5) is 0 Å². The molecule has 23 heavy (non-hydrogen) atoms. The lowest BCUT2D eigenvalue weighted by Crippen LogP contribution is -2.23. The van der Waals surface area contributed by atoms with E-state index in [2.05, 4.69) is 47.1 Å². The fourth-order valence-electron chi connectivity index (χ4n) is 3.22. The third kappa shape index (κ3) is 3.91. The largest absolute Gasteiger partial charge is 0.497 e. The van der Waals surface area contributed by atoms with Crippen LogP contribution in [0.3, 0.4) is 0 Å². The molecular weight excluding hydrogens is 290 g/mol. The second-order valence-electron chi connectivity index (χ2n) is 6.61. The van der Waals surface area contributed by atoms with Crippen molar-refractivity contribution in [3.8, 4) is 5.75 Å². The van der Waals surface area contributed by atoms with Gasteiger partial charge in [0.05, 0.1) is 13.7 Å². The lowest BCUT2D eigenvalue weighted by Gasteiger charge is -2.23. The minimum atomic E-state index is 0.394. The normalized spacial score (nSPS) is 18.7. The minimum Gasteiger partial charge on any atom is -0.497 e. The summed E-state index contributed by atoms with van der Waals surface area (Å²) >= 11 is 0. The van der Waals surface area contributed by atoms with Crippen molar-refractivity contribution in [2.75, 3.05) is 13.7 Å². The van der Waals surface area contributed by atoms with E-state index in [9.17, 15) is 0 Å². The van der Waals surface area contributed by atoms with Gasteiger partial charge in [-0.3, -0.25) is 4.90 Å². The molecule has 1 aromatic carbocycles. The Morgan fingerprint density at radius 1 is 1.39 bits per heavy atom. The van der Waals surface area contributed by atoms with Gasteiger partial charge in [-0.2, -0.15) is 4.98 Å². The average Bonchev–Trinajstić information content (AvgIpc) is 3.17. The summed E-state index contributed by atoms with van der Waals surface area (Å²) in [6.45, 7) is 6.10. The smallest absolute Gasteiger partial charge is 0.240 e. The molecule has 2 aromatic rings. The zero-order valence-corrected chi connectivity index (χ0v) is 14.2. The van der Waals surface area contributed by atoms with E-state index in [4.69, 9.17) is 9.26 Å². The van der Waals surface area contributed by atoms with Crippen molar-refractivity contribution in [2.24, 2.45) is 5.92 Å². The van der Waals surface area contributed by atoms with Crippen LogP contribution in [0.1, 0.15) is 50.0 Å². The summed E-state index contributed by atoms with van der Waals surface area (Å²) in [7, 11) is 1.71. The summed E-state index contributed by atoms with van der Waals surface area (Å²) in [5, 5.41) is 4.09. The number of aromatic nitrogens is 2. The van der Waals surface area contributed by atoms with Crippen molar-refractivity contribution in [1.29, 1.82) is 0 Å². The zero-order valence-electron chi connectivity index (χ0n) is 14.2. The van der Waals surface area contributed by atoms with Gasteiger partial charge in [0.15, 0.2) is 5.82 Å². The van der Waals surface area contributed by atoms with E-state index in [1.807, 2.05) is 6.07 Å². The Balaban J connectivity index is 1.70. The first-order chi connectivity index (χ1) is 11.2. The van der Waals surface area contributed by atoms with Gasteiger partial charge in [-0.15, -0.1) is 0 Å². The lowest BCUT2D eigenvalue weighted by atomic mass is 10.0. The molecule has 0 radical (unpaired) electrons. The maximum Gasteiger partial charge on any atom is 0.240 e. The van der Waals surface area contributed by atoms with Crippen molar-refractivity contribution in [2.45, 2.75) is 45.7 Å². The van der Waals surface area contributed by atoms with Crippen LogP contribution in [0, 0.1) is 5.92 Å². The molecular formula is C18H25N3O2. The minimum absolute atomic E-state index is 0.394. The Kier molecular flexibility index (Phi) is 4.96. The summed E-state index contributed by atoms with van der Waals surface area (Å²) in [4.78, 5) is 6.95. The molecule has 1 aromatic heterocycles. The fourth-order valence-corrected chi connectivity index (χ4v) is 3.22. The predicted molar refractivity (Wildman–Crippen MR) is 88.2 cm³/mol. The van der Waals surface area contributed by atoms with Gasteiger partial charge in [-0.1, -0.05) is 31.1 Å². The highest BCUT2D eigenvalue weighted by Crippen LogP contribution is 2.34. The third-order valence-corrected chi connectivity index (χ3v) is 4.28. The summed E-state index contributed by atoms with van der Waals surface area (Å²) < 4.78 is 10.8. The van der Waals surface area contributed by atoms with Gasteiger partial charge < -0.3 is 9.26 Å². The number of methoxy groups -OCH3 is 1. The van der Waals surface area contributed by atoms with E-state index in [1.165, 1.54) is 12.0 Å². The summed E-state index contributed by atoms with van der Waals surface area (Å²) in [6.07, 6.45) is 3.21. The molecule has 1 aliphatic heterocycles. The highest BCUT2D eigenvalue weighted by molar-refractivity contribution is 5.31. The maximum atomic E-state index is 5.43. The Morgan fingerprint density at radius 2 is 2.26 bits per heavy atom. The van der Waals surface area contributed by atoms with Gasteiger partial charge >= 0.3 is 0 Å². The number of hydrogen-bond acceptors (Lipinski definition) is 5. The Morgan fingerprint density at radius 3 is 3.04 bits per heavy atom. The molecule has 0 N–H and O–H groups in total. The van der Waals surface area contributed by atoms with E-state index in [1.54, 1.807) is 7.11 Å². The molecule has 0 spiro atoms. The van der Waals surface area contributed by atoms with Crippen molar-refractivity contribution < 1.29 is 9.26 Å². The Labute approximate surface area is 137 Å². The molecule has 1 unspecified atom stereocenters. The molecule has 1 saturated heterocycles. The quantitative estimate of drug-likeness (QED) is 0.815. The molecule has 0 saturated carbocycles. The van der Waals surface area contributed by atoms with Gasteiger partial charge in [0.1, 0.15) is 5.75 Å². The zero-order chi connectivity index (χ0) is 16.2. The molecule has 124 valence electrons. The van der Waals surface area contributed by atoms with Crippen molar-refractivity contribution in [3.05, 3.63) is 41.5 Å². The molecule has 5 heteroatoms. The fraction of sp³-hybridized carbons (Fsp3) is 0.556. The van der Waals surface area contributed by atoms with Crippen LogP contribution in [0.25, 0.3) is 0 Å². The van der Waals surface area contributed by atoms with Crippen LogP contribution in [0.5, 0.6) is 5.75 Å².